The molecule has 0 saturated heterocycles. The van der Waals surface area contributed by atoms with Gasteiger partial charge in [-0.25, -0.2) is 0 Å². The topological polar surface area (TPSA) is 112 Å². The maximum atomic E-state index is 12.8. The summed E-state index contributed by atoms with van der Waals surface area (Å²) in [6.45, 7) is 0. The fourth-order valence-corrected chi connectivity index (χ4v) is 2.93. The van der Waals surface area contributed by atoms with Crippen molar-refractivity contribution in [2.24, 2.45) is 5.92 Å². The molecule has 0 aliphatic carbocycles. The van der Waals surface area contributed by atoms with Crippen LogP contribution in [-0.2, 0) is 20.6 Å². The molecule has 28 heavy (non-hydrogen) atoms. The monoisotopic (exact) mass is 396 g/mol. The molecule has 2 rings (SSSR count). The molecule has 2 aromatic carbocycles. The second-order valence-corrected chi connectivity index (χ2v) is 6.02. The van der Waals surface area contributed by atoms with E-state index in [4.69, 9.17) is 5.11 Å². The van der Waals surface area contributed by atoms with E-state index >= 15 is 0 Å². The van der Waals surface area contributed by atoms with Crippen molar-refractivity contribution in [1.29, 1.82) is 0 Å². The highest BCUT2D eigenvalue weighted by Crippen LogP contribution is 2.37. The van der Waals surface area contributed by atoms with Crippen molar-refractivity contribution in [2.45, 2.75) is 18.5 Å². The predicted molar refractivity (Wildman–Crippen MR) is 90.6 cm³/mol. The lowest BCUT2D eigenvalue weighted by Gasteiger charge is -2.22. The second-order valence-electron chi connectivity index (χ2n) is 6.02. The average molecular weight is 396 g/mol. The molecule has 3 N–H and O–H groups in total. The number of aliphatic carboxylic acids is 3. The molecule has 2 aromatic rings. The van der Waals surface area contributed by atoms with E-state index in [1.54, 1.807) is 0 Å². The number of hydrogen-bond acceptors (Lipinski definition) is 3. The van der Waals surface area contributed by atoms with Crippen molar-refractivity contribution in [3.63, 3.8) is 0 Å². The van der Waals surface area contributed by atoms with Crippen LogP contribution in [0.4, 0.5) is 13.2 Å². The van der Waals surface area contributed by atoms with Gasteiger partial charge >= 0.3 is 24.1 Å². The van der Waals surface area contributed by atoms with Crippen LogP contribution in [0.15, 0.2) is 48.5 Å². The van der Waals surface area contributed by atoms with E-state index in [9.17, 15) is 37.8 Å². The first-order valence-corrected chi connectivity index (χ1v) is 7.96. The Morgan fingerprint density at radius 1 is 0.857 bits per heavy atom. The predicted octanol–water partition coefficient (Wildman–Crippen LogP) is 3.72. The first-order valence-electron chi connectivity index (χ1n) is 7.96. The van der Waals surface area contributed by atoms with Crippen LogP contribution in [0.2, 0.25) is 0 Å². The Morgan fingerprint density at radius 3 is 1.89 bits per heavy atom. The van der Waals surface area contributed by atoms with E-state index in [1.807, 2.05) is 0 Å². The van der Waals surface area contributed by atoms with Crippen molar-refractivity contribution >= 4 is 17.9 Å². The summed E-state index contributed by atoms with van der Waals surface area (Å²) in [5.41, 5.74) is -0.434. The highest BCUT2D eigenvalue weighted by Gasteiger charge is 2.38. The van der Waals surface area contributed by atoms with Gasteiger partial charge in [-0.1, -0.05) is 36.4 Å². The van der Waals surface area contributed by atoms with Crippen molar-refractivity contribution in [3.8, 4) is 11.1 Å². The number of alkyl halides is 3. The van der Waals surface area contributed by atoms with Gasteiger partial charge in [0.1, 0.15) is 0 Å². The summed E-state index contributed by atoms with van der Waals surface area (Å²) in [6.07, 6.45) is -5.47. The smallest absolute Gasteiger partial charge is 0.416 e. The fraction of sp³-hybridized carbons (Fsp3) is 0.211. The van der Waals surface area contributed by atoms with Crippen LogP contribution >= 0.6 is 0 Å². The lowest BCUT2D eigenvalue weighted by molar-refractivity contribution is -0.154. The average Bonchev–Trinajstić information content (AvgIpc) is 2.60. The summed E-state index contributed by atoms with van der Waals surface area (Å²) < 4.78 is 38.3. The lowest BCUT2D eigenvalue weighted by atomic mass is 9.80. The molecule has 0 heterocycles. The first kappa shape index (κ1) is 20.9. The molecule has 0 bridgehead atoms. The zero-order valence-corrected chi connectivity index (χ0v) is 14.2. The number of hydrogen-bond donors (Lipinski definition) is 3. The number of carbonyl (C=O) groups is 3. The molecule has 0 aliphatic rings. The fourth-order valence-electron chi connectivity index (χ4n) is 2.93. The third-order valence-corrected chi connectivity index (χ3v) is 4.20. The zero-order valence-electron chi connectivity index (χ0n) is 14.2. The highest BCUT2D eigenvalue weighted by atomic mass is 19.4. The van der Waals surface area contributed by atoms with E-state index in [2.05, 4.69) is 0 Å². The molecular weight excluding hydrogens is 381 g/mol. The van der Waals surface area contributed by atoms with Crippen LogP contribution in [0, 0.1) is 5.92 Å². The molecule has 0 amide bonds. The molecule has 6 nitrogen and oxygen atoms in total. The van der Waals surface area contributed by atoms with E-state index in [-0.39, 0.29) is 16.7 Å². The van der Waals surface area contributed by atoms with Crippen molar-refractivity contribution in [1.82, 2.24) is 0 Å². The largest absolute Gasteiger partial charge is 0.481 e. The maximum absolute atomic E-state index is 12.8. The number of rotatable bonds is 7. The molecule has 9 heteroatoms. The number of carboxylic acids is 3. The van der Waals surface area contributed by atoms with Crippen LogP contribution in [0.5, 0.6) is 0 Å². The SMILES string of the molecule is O=C(O)CC(C(=O)O)C(C(=O)O)c1ccccc1-c1ccc(C(F)(F)F)cc1. The quantitative estimate of drug-likeness (QED) is 0.658. The van der Waals surface area contributed by atoms with E-state index < -0.39 is 47.9 Å². The van der Waals surface area contributed by atoms with E-state index in [0.29, 0.717) is 0 Å². The molecule has 0 saturated carbocycles. The van der Waals surface area contributed by atoms with Gasteiger partial charge in [-0.05, 0) is 28.8 Å². The number of halogens is 3. The maximum Gasteiger partial charge on any atom is 0.416 e. The van der Waals surface area contributed by atoms with Gasteiger partial charge in [-0.2, -0.15) is 13.2 Å². The van der Waals surface area contributed by atoms with Gasteiger partial charge in [0.25, 0.3) is 0 Å². The van der Waals surface area contributed by atoms with Crippen molar-refractivity contribution in [3.05, 3.63) is 59.7 Å². The summed E-state index contributed by atoms with van der Waals surface area (Å²) in [5, 5.41) is 27.9. The van der Waals surface area contributed by atoms with Gasteiger partial charge in [-0.3, -0.25) is 14.4 Å². The molecule has 0 aromatic heterocycles. The van der Waals surface area contributed by atoms with Gasteiger partial charge < -0.3 is 15.3 Å². The van der Waals surface area contributed by atoms with Crippen molar-refractivity contribution in [2.75, 3.05) is 0 Å². The minimum atomic E-state index is -4.54. The molecule has 0 radical (unpaired) electrons. The van der Waals surface area contributed by atoms with Gasteiger partial charge in [0, 0.05) is 0 Å². The zero-order chi connectivity index (χ0) is 21.1. The summed E-state index contributed by atoms with van der Waals surface area (Å²) in [4.78, 5) is 34.3. The van der Waals surface area contributed by atoms with E-state index in [0.717, 1.165) is 24.3 Å². The van der Waals surface area contributed by atoms with Gasteiger partial charge in [0.2, 0.25) is 0 Å². The molecule has 0 spiro atoms. The normalized spacial score (nSPS) is 13.5. The molecule has 2 atom stereocenters. The summed E-state index contributed by atoms with van der Waals surface area (Å²) in [5.74, 6) is -8.09. The molecule has 0 fully saturated rings. The van der Waals surface area contributed by atoms with Crippen LogP contribution in [0.1, 0.15) is 23.5 Å². The summed E-state index contributed by atoms with van der Waals surface area (Å²) >= 11 is 0. The number of carboxylic acid groups (broad SMARTS) is 3. The Kier molecular flexibility index (Phi) is 6.07. The Balaban J connectivity index is 2.57. The first-order chi connectivity index (χ1) is 13.0. The summed E-state index contributed by atoms with van der Waals surface area (Å²) in [6, 6.07) is 9.67. The van der Waals surface area contributed by atoms with E-state index in [1.165, 1.54) is 24.3 Å². The van der Waals surface area contributed by atoms with Gasteiger partial charge in [0.05, 0.1) is 23.8 Å². The van der Waals surface area contributed by atoms with Crippen LogP contribution in [-0.4, -0.2) is 33.2 Å². The Morgan fingerprint density at radius 2 is 1.43 bits per heavy atom. The van der Waals surface area contributed by atoms with Gasteiger partial charge in [-0.15, -0.1) is 0 Å². The Labute approximate surface area is 156 Å². The minimum absolute atomic E-state index is 0.00316. The highest BCUT2D eigenvalue weighted by molar-refractivity contribution is 5.89. The van der Waals surface area contributed by atoms with Crippen LogP contribution < -0.4 is 0 Å². The molecule has 2 unspecified atom stereocenters. The van der Waals surface area contributed by atoms with Crippen LogP contribution in [0.25, 0.3) is 11.1 Å². The number of benzene rings is 2. The van der Waals surface area contributed by atoms with Gasteiger partial charge in [0.15, 0.2) is 0 Å². The van der Waals surface area contributed by atoms with Crippen LogP contribution in [0.3, 0.4) is 0 Å². The third kappa shape index (κ3) is 4.67. The summed E-state index contributed by atoms with van der Waals surface area (Å²) in [7, 11) is 0. The molecule has 0 aliphatic heterocycles. The lowest BCUT2D eigenvalue weighted by Crippen LogP contribution is -2.30. The third-order valence-electron chi connectivity index (χ3n) is 4.20. The Hall–Kier alpha value is -3.36. The Bertz CT molecular complexity index is 889. The van der Waals surface area contributed by atoms with Crippen molar-refractivity contribution < 1.29 is 42.9 Å². The standard InChI is InChI=1S/C19H15F3O6/c20-19(21,22)11-7-5-10(6-8-11)12-3-1-2-4-13(12)16(18(27)28)14(17(25)26)9-15(23)24/h1-8,14,16H,9H2,(H,23,24)(H,25,26)(H,27,28). The molecular formula is C19H15F3O6. The minimum Gasteiger partial charge on any atom is -0.481 e. The second kappa shape index (κ2) is 8.12. The molecule has 148 valence electrons.